The van der Waals surface area contributed by atoms with Crippen LogP contribution in [0.4, 0.5) is 18.9 Å². The number of hydrogen-bond acceptors (Lipinski definition) is 2. The molecule has 1 aromatic rings. The van der Waals surface area contributed by atoms with E-state index >= 15 is 0 Å². The standard InChI is InChI=1S/C12H12F3NO2/c1-2-3-10(17)8-4-6-9(7-5-8)16-11(18)12(13,14)15/h4-7H,2-3H2,1H3,(H,16,18). The van der Waals surface area contributed by atoms with Gasteiger partial charge in [-0.25, -0.2) is 0 Å². The molecule has 1 rings (SSSR count). The van der Waals surface area contributed by atoms with E-state index in [9.17, 15) is 22.8 Å². The van der Waals surface area contributed by atoms with E-state index in [-0.39, 0.29) is 11.5 Å². The van der Waals surface area contributed by atoms with Gasteiger partial charge in [0.2, 0.25) is 0 Å². The predicted molar refractivity (Wildman–Crippen MR) is 60.4 cm³/mol. The molecule has 0 atom stereocenters. The Labute approximate surface area is 102 Å². The number of anilines is 1. The van der Waals surface area contributed by atoms with Gasteiger partial charge in [0, 0.05) is 17.7 Å². The van der Waals surface area contributed by atoms with Gasteiger partial charge in [-0.2, -0.15) is 13.2 Å². The Morgan fingerprint density at radius 1 is 1.17 bits per heavy atom. The summed E-state index contributed by atoms with van der Waals surface area (Å²) in [5.74, 6) is -2.11. The molecule has 6 heteroatoms. The summed E-state index contributed by atoms with van der Waals surface area (Å²) in [4.78, 5) is 22.1. The zero-order valence-electron chi connectivity index (χ0n) is 9.67. The summed E-state index contributed by atoms with van der Waals surface area (Å²) < 4.78 is 35.9. The number of nitrogens with one attached hydrogen (secondary N) is 1. The van der Waals surface area contributed by atoms with Crippen molar-refractivity contribution in [1.29, 1.82) is 0 Å². The molecule has 3 nitrogen and oxygen atoms in total. The van der Waals surface area contributed by atoms with Crippen molar-refractivity contribution in [2.45, 2.75) is 25.9 Å². The molecule has 0 saturated heterocycles. The lowest BCUT2D eigenvalue weighted by molar-refractivity contribution is -0.167. The number of carbonyl (C=O) groups is 2. The zero-order valence-corrected chi connectivity index (χ0v) is 9.67. The maximum Gasteiger partial charge on any atom is 0.471 e. The SMILES string of the molecule is CCCC(=O)c1ccc(NC(=O)C(F)(F)F)cc1. The van der Waals surface area contributed by atoms with E-state index in [2.05, 4.69) is 0 Å². The summed E-state index contributed by atoms with van der Waals surface area (Å²) in [5.41, 5.74) is 0.423. The molecule has 0 radical (unpaired) electrons. The van der Waals surface area contributed by atoms with Gasteiger partial charge in [0.1, 0.15) is 0 Å². The highest BCUT2D eigenvalue weighted by atomic mass is 19.4. The highest BCUT2D eigenvalue weighted by Gasteiger charge is 2.38. The van der Waals surface area contributed by atoms with E-state index in [1.807, 2.05) is 6.92 Å². The minimum Gasteiger partial charge on any atom is -0.318 e. The molecule has 0 bridgehead atoms. The van der Waals surface area contributed by atoms with Gasteiger partial charge in [0.25, 0.3) is 0 Å². The second-order valence-corrected chi connectivity index (χ2v) is 3.70. The van der Waals surface area contributed by atoms with Crippen LogP contribution in [0, 0.1) is 0 Å². The fourth-order valence-electron chi connectivity index (χ4n) is 1.31. The maximum absolute atomic E-state index is 12.0. The van der Waals surface area contributed by atoms with Crippen LogP contribution < -0.4 is 5.32 Å². The molecule has 0 aliphatic carbocycles. The Kier molecular flexibility index (Phi) is 4.47. The third-order valence-corrected chi connectivity index (χ3v) is 2.20. The monoisotopic (exact) mass is 259 g/mol. The molecular weight excluding hydrogens is 247 g/mol. The third kappa shape index (κ3) is 3.87. The largest absolute Gasteiger partial charge is 0.471 e. The average molecular weight is 259 g/mol. The lowest BCUT2D eigenvalue weighted by Gasteiger charge is -2.08. The first kappa shape index (κ1) is 14.2. The molecule has 0 saturated carbocycles. The van der Waals surface area contributed by atoms with Crippen LogP contribution >= 0.6 is 0 Å². The Bertz CT molecular complexity index is 438. The fourth-order valence-corrected chi connectivity index (χ4v) is 1.31. The van der Waals surface area contributed by atoms with Gasteiger partial charge >= 0.3 is 12.1 Å². The van der Waals surface area contributed by atoms with Gasteiger partial charge < -0.3 is 5.32 Å². The molecule has 1 amide bonds. The summed E-state index contributed by atoms with van der Waals surface area (Å²) in [5, 5.41) is 1.70. The van der Waals surface area contributed by atoms with Crippen molar-refractivity contribution in [1.82, 2.24) is 0 Å². The molecule has 18 heavy (non-hydrogen) atoms. The summed E-state index contributed by atoms with van der Waals surface area (Å²) in [7, 11) is 0. The van der Waals surface area contributed by atoms with Crippen LogP contribution in [-0.4, -0.2) is 17.9 Å². The number of ketones is 1. The second kappa shape index (κ2) is 5.66. The van der Waals surface area contributed by atoms with Gasteiger partial charge in [-0.05, 0) is 30.7 Å². The topological polar surface area (TPSA) is 46.2 Å². The summed E-state index contributed by atoms with van der Waals surface area (Å²) in [6.45, 7) is 1.86. The molecule has 1 aromatic carbocycles. The van der Waals surface area contributed by atoms with Crippen molar-refractivity contribution in [3.63, 3.8) is 0 Å². The van der Waals surface area contributed by atoms with Gasteiger partial charge in [-0.15, -0.1) is 0 Å². The lowest BCUT2D eigenvalue weighted by Crippen LogP contribution is -2.29. The summed E-state index contributed by atoms with van der Waals surface area (Å²) in [6.07, 6.45) is -3.84. The van der Waals surface area contributed by atoms with E-state index < -0.39 is 12.1 Å². The minimum atomic E-state index is -4.92. The molecule has 0 heterocycles. The smallest absolute Gasteiger partial charge is 0.318 e. The number of carbonyl (C=O) groups excluding carboxylic acids is 2. The minimum absolute atomic E-state index is 0.00498. The first-order valence-corrected chi connectivity index (χ1v) is 5.36. The Morgan fingerprint density at radius 2 is 1.72 bits per heavy atom. The van der Waals surface area contributed by atoms with Gasteiger partial charge in [0.05, 0.1) is 0 Å². The maximum atomic E-state index is 12.0. The number of benzene rings is 1. The first-order chi connectivity index (χ1) is 8.34. The molecule has 98 valence electrons. The molecule has 0 aromatic heterocycles. The molecule has 0 spiro atoms. The quantitative estimate of drug-likeness (QED) is 0.844. The average Bonchev–Trinajstić information content (AvgIpc) is 2.29. The van der Waals surface area contributed by atoms with Crippen LogP contribution in [0.2, 0.25) is 0 Å². The normalized spacial score (nSPS) is 11.1. The molecule has 0 unspecified atom stereocenters. The molecule has 0 aliphatic rings. The van der Waals surface area contributed by atoms with Crippen LogP contribution in [0.5, 0.6) is 0 Å². The first-order valence-electron chi connectivity index (χ1n) is 5.36. The van der Waals surface area contributed by atoms with E-state index in [1.54, 1.807) is 5.32 Å². The van der Waals surface area contributed by atoms with Crippen molar-refractivity contribution >= 4 is 17.4 Å². The van der Waals surface area contributed by atoms with Crippen molar-refractivity contribution in [3.05, 3.63) is 29.8 Å². The van der Waals surface area contributed by atoms with Crippen LogP contribution in [0.1, 0.15) is 30.1 Å². The predicted octanol–water partition coefficient (Wildman–Crippen LogP) is 3.17. The lowest BCUT2D eigenvalue weighted by atomic mass is 10.1. The van der Waals surface area contributed by atoms with E-state index in [1.165, 1.54) is 24.3 Å². The Balaban J connectivity index is 2.72. The molecule has 0 fully saturated rings. The van der Waals surface area contributed by atoms with Gasteiger partial charge in [-0.1, -0.05) is 6.92 Å². The van der Waals surface area contributed by atoms with Crippen LogP contribution in [0.15, 0.2) is 24.3 Å². The Morgan fingerprint density at radius 3 is 2.17 bits per heavy atom. The van der Waals surface area contributed by atoms with Gasteiger partial charge in [-0.3, -0.25) is 9.59 Å². The van der Waals surface area contributed by atoms with E-state index in [0.717, 1.165) is 0 Å². The molecule has 0 aliphatic heterocycles. The van der Waals surface area contributed by atoms with Crippen molar-refractivity contribution < 1.29 is 22.8 Å². The number of Topliss-reactive ketones (excluding diaryl/α,β-unsaturated/α-hetero) is 1. The van der Waals surface area contributed by atoms with Crippen molar-refractivity contribution in [2.24, 2.45) is 0 Å². The number of halogens is 3. The van der Waals surface area contributed by atoms with E-state index in [4.69, 9.17) is 0 Å². The van der Waals surface area contributed by atoms with Crippen LogP contribution in [0.3, 0.4) is 0 Å². The van der Waals surface area contributed by atoms with Gasteiger partial charge in [0.15, 0.2) is 5.78 Å². The van der Waals surface area contributed by atoms with Crippen molar-refractivity contribution in [3.8, 4) is 0 Å². The van der Waals surface area contributed by atoms with Crippen LogP contribution in [0.25, 0.3) is 0 Å². The second-order valence-electron chi connectivity index (χ2n) is 3.70. The summed E-state index contributed by atoms with van der Waals surface area (Å²) >= 11 is 0. The van der Waals surface area contributed by atoms with Crippen molar-refractivity contribution in [2.75, 3.05) is 5.32 Å². The molecular formula is C12H12F3NO2. The fraction of sp³-hybridized carbons (Fsp3) is 0.333. The highest BCUT2D eigenvalue weighted by molar-refractivity contribution is 5.98. The zero-order chi connectivity index (χ0) is 13.8. The molecule has 1 N–H and O–H groups in total. The third-order valence-electron chi connectivity index (χ3n) is 2.20. The Hall–Kier alpha value is -1.85. The number of rotatable bonds is 4. The number of alkyl halides is 3. The summed E-state index contributed by atoms with van der Waals surface area (Å²) in [6, 6.07) is 5.33. The van der Waals surface area contributed by atoms with E-state index in [0.29, 0.717) is 18.4 Å². The highest BCUT2D eigenvalue weighted by Crippen LogP contribution is 2.18. The number of amides is 1. The number of hydrogen-bond donors (Lipinski definition) is 1. The van der Waals surface area contributed by atoms with Crippen LogP contribution in [-0.2, 0) is 4.79 Å².